The van der Waals surface area contributed by atoms with E-state index >= 15 is 0 Å². The SMILES string of the molecule is CC[C@H](NC(=O)c1ccc(N2CCCCS2(=O)=O)cc1)c1ccc(OC)c(OC)c1. The maximum atomic E-state index is 12.8. The maximum Gasteiger partial charge on any atom is 0.251 e. The Bertz CT molecular complexity index is 989. The lowest BCUT2D eigenvalue weighted by Crippen LogP contribution is -2.37. The molecule has 2 aromatic rings. The van der Waals surface area contributed by atoms with Gasteiger partial charge in [0.15, 0.2) is 11.5 Å². The molecule has 1 aliphatic heterocycles. The molecule has 0 spiro atoms. The Hall–Kier alpha value is -2.74. The second-order valence-corrected chi connectivity index (χ2v) is 9.20. The van der Waals surface area contributed by atoms with Gasteiger partial charge in [-0.3, -0.25) is 9.10 Å². The fourth-order valence-electron chi connectivity index (χ4n) is 3.59. The summed E-state index contributed by atoms with van der Waals surface area (Å²) in [6.45, 7) is 2.47. The molecule has 0 aromatic heterocycles. The van der Waals surface area contributed by atoms with Crippen LogP contribution in [0.1, 0.15) is 48.1 Å². The minimum atomic E-state index is -3.27. The van der Waals surface area contributed by atoms with E-state index < -0.39 is 10.0 Å². The number of rotatable bonds is 7. The smallest absolute Gasteiger partial charge is 0.251 e. The molecule has 2 aromatic carbocycles. The Labute approximate surface area is 178 Å². The standard InChI is InChI=1S/C22H28N2O5S/c1-4-19(17-9-12-20(28-2)21(15-17)29-3)23-22(25)16-7-10-18(11-8-16)24-13-5-6-14-30(24,26)27/h7-12,15,19H,4-6,13-14H2,1-3H3,(H,23,25)/t19-/m0/s1. The second kappa shape index (κ2) is 9.38. The number of benzene rings is 2. The van der Waals surface area contributed by atoms with Gasteiger partial charge in [-0.1, -0.05) is 13.0 Å². The molecule has 1 atom stereocenters. The van der Waals surface area contributed by atoms with Gasteiger partial charge in [-0.05, 0) is 61.2 Å². The highest BCUT2D eigenvalue weighted by molar-refractivity contribution is 7.92. The summed E-state index contributed by atoms with van der Waals surface area (Å²) in [5.74, 6) is 1.18. The van der Waals surface area contributed by atoms with Gasteiger partial charge in [0, 0.05) is 12.1 Å². The summed E-state index contributed by atoms with van der Waals surface area (Å²) in [5, 5.41) is 3.04. The van der Waals surface area contributed by atoms with Crippen LogP contribution >= 0.6 is 0 Å². The molecular formula is C22H28N2O5S. The van der Waals surface area contributed by atoms with Crippen LogP contribution in [0.25, 0.3) is 0 Å². The molecule has 1 heterocycles. The maximum absolute atomic E-state index is 12.8. The van der Waals surface area contributed by atoms with Gasteiger partial charge in [0.2, 0.25) is 10.0 Å². The van der Waals surface area contributed by atoms with E-state index in [-0.39, 0.29) is 17.7 Å². The fraction of sp³-hybridized carbons (Fsp3) is 0.409. The van der Waals surface area contributed by atoms with E-state index in [0.29, 0.717) is 42.1 Å². The Morgan fingerprint density at radius 2 is 1.77 bits per heavy atom. The first-order valence-electron chi connectivity index (χ1n) is 10.0. The van der Waals surface area contributed by atoms with E-state index in [4.69, 9.17) is 9.47 Å². The van der Waals surface area contributed by atoms with Crippen molar-refractivity contribution in [2.24, 2.45) is 0 Å². The number of carbonyl (C=O) groups excluding carboxylic acids is 1. The van der Waals surface area contributed by atoms with Crippen molar-refractivity contribution in [1.29, 1.82) is 0 Å². The number of nitrogens with zero attached hydrogens (tertiary/aromatic N) is 1. The number of hydrogen-bond acceptors (Lipinski definition) is 5. The van der Waals surface area contributed by atoms with Crippen LogP contribution in [-0.4, -0.2) is 40.8 Å². The van der Waals surface area contributed by atoms with E-state index in [2.05, 4.69) is 5.32 Å². The van der Waals surface area contributed by atoms with Gasteiger partial charge in [-0.2, -0.15) is 0 Å². The molecular weight excluding hydrogens is 404 g/mol. The normalized spacial score (nSPS) is 16.6. The average Bonchev–Trinajstić information content (AvgIpc) is 2.76. The number of hydrogen-bond donors (Lipinski definition) is 1. The van der Waals surface area contributed by atoms with Gasteiger partial charge in [-0.15, -0.1) is 0 Å². The average molecular weight is 433 g/mol. The van der Waals surface area contributed by atoms with Gasteiger partial charge in [0.05, 0.1) is 31.7 Å². The van der Waals surface area contributed by atoms with Crippen molar-refractivity contribution in [2.45, 2.75) is 32.2 Å². The predicted molar refractivity (Wildman–Crippen MR) is 117 cm³/mol. The van der Waals surface area contributed by atoms with Crippen molar-refractivity contribution in [2.75, 3.05) is 30.8 Å². The molecule has 162 valence electrons. The molecule has 1 N–H and O–H groups in total. The highest BCUT2D eigenvalue weighted by Gasteiger charge is 2.26. The molecule has 7 nitrogen and oxygen atoms in total. The number of anilines is 1. The van der Waals surface area contributed by atoms with E-state index in [0.717, 1.165) is 12.0 Å². The molecule has 1 fully saturated rings. The van der Waals surface area contributed by atoms with E-state index in [1.54, 1.807) is 38.5 Å². The highest BCUT2D eigenvalue weighted by atomic mass is 32.2. The summed E-state index contributed by atoms with van der Waals surface area (Å²) in [4.78, 5) is 12.8. The highest BCUT2D eigenvalue weighted by Crippen LogP contribution is 2.31. The van der Waals surface area contributed by atoms with E-state index in [1.807, 2.05) is 25.1 Å². The quantitative estimate of drug-likeness (QED) is 0.724. The molecule has 1 amide bonds. The number of methoxy groups -OCH3 is 2. The summed E-state index contributed by atoms with van der Waals surface area (Å²) in [7, 11) is -0.117. The lowest BCUT2D eigenvalue weighted by atomic mass is 10.0. The summed E-state index contributed by atoms with van der Waals surface area (Å²) in [5.41, 5.74) is 1.99. The number of nitrogens with one attached hydrogen (secondary N) is 1. The zero-order valence-electron chi connectivity index (χ0n) is 17.6. The first-order valence-corrected chi connectivity index (χ1v) is 11.6. The molecule has 0 bridgehead atoms. The molecule has 3 rings (SSSR count). The molecule has 8 heteroatoms. The van der Waals surface area contributed by atoms with Crippen LogP contribution in [-0.2, 0) is 10.0 Å². The number of amides is 1. The second-order valence-electron chi connectivity index (χ2n) is 7.19. The monoisotopic (exact) mass is 432 g/mol. The molecule has 0 radical (unpaired) electrons. The first kappa shape index (κ1) is 22.0. The van der Waals surface area contributed by atoms with E-state index in [9.17, 15) is 13.2 Å². The van der Waals surface area contributed by atoms with Gasteiger partial charge in [-0.25, -0.2) is 8.42 Å². The third-order valence-corrected chi connectivity index (χ3v) is 7.16. The Balaban J connectivity index is 1.74. The topological polar surface area (TPSA) is 84.9 Å². The molecule has 0 unspecified atom stereocenters. The third-order valence-electron chi connectivity index (χ3n) is 5.29. The van der Waals surface area contributed by atoms with Crippen LogP contribution in [0.3, 0.4) is 0 Å². The van der Waals surface area contributed by atoms with Gasteiger partial charge in [0.25, 0.3) is 5.91 Å². The van der Waals surface area contributed by atoms with Crippen molar-refractivity contribution in [3.8, 4) is 11.5 Å². The van der Waals surface area contributed by atoms with Crippen molar-refractivity contribution in [1.82, 2.24) is 5.32 Å². The van der Waals surface area contributed by atoms with E-state index in [1.165, 1.54) is 4.31 Å². The molecule has 1 saturated heterocycles. The fourth-order valence-corrected chi connectivity index (χ4v) is 5.23. The summed E-state index contributed by atoms with van der Waals surface area (Å²) < 4.78 is 36.6. The minimum absolute atomic E-state index is 0.165. The summed E-state index contributed by atoms with van der Waals surface area (Å²) >= 11 is 0. The van der Waals surface area contributed by atoms with Crippen molar-refractivity contribution < 1.29 is 22.7 Å². The van der Waals surface area contributed by atoms with Crippen LogP contribution in [0.2, 0.25) is 0 Å². The Morgan fingerprint density at radius 1 is 1.07 bits per heavy atom. The largest absolute Gasteiger partial charge is 0.493 e. The zero-order valence-corrected chi connectivity index (χ0v) is 18.4. The molecule has 0 aliphatic carbocycles. The van der Waals surface area contributed by atoms with Crippen LogP contribution in [0.4, 0.5) is 5.69 Å². The predicted octanol–water partition coefficient (Wildman–Crippen LogP) is 3.51. The van der Waals surface area contributed by atoms with Gasteiger partial charge >= 0.3 is 0 Å². The zero-order chi connectivity index (χ0) is 21.7. The third kappa shape index (κ3) is 4.70. The number of ether oxygens (including phenoxy) is 2. The Morgan fingerprint density at radius 3 is 2.37 bits per heavy atom. The van der Waals surface area contributed by atoms with Crippen LogP contribution in [0.5, 0.6) is 11.5 Å². The number of sulfonamides is 1. The molecule has 1 aliphatic rings. The number of carbonyl (C=O) groups is 1. The lowest BCUT2D eigenvalue weighted by Gasteiger charge is -2.28. The van der Waals surface area contributed by atoms with Gasteiger partial charge in [0.1, 0.15) is 0 Å². The van der Waals surface area contributed by atoms with Gasteiger partial charge < -0.3 is 14.8 Å². The lowest BCUT2D eigenvalue weighted by molar-refractivity contribution is 0.0935. The molecule has 30 heavy (non-hydrogen) atoms. The van der Waals surface area contributed by atoms with Crippen molar-refractivity contribution >= 4 is 21.6 Å². The van der Waals surface area contributed by atoms with Crippen LogP contribution < -0.4 is 19.1 Å². The molecule has 0 saturated carbocycles. The summed E-state index contributed by atoms with van der Waals surface area (Å²) in [6.07, 6.45) is 2.23. The Kier molecular flexibility index (Phi) is 6.87. The van der Waals surface area contributed by atoms with Crippen LogP contribution in [0.15, 0.2) is 42.5 Å². The van der Waals surface area contributed by atoms with Crippen molar-refractivity contribution in [3.05, 3.63) is 53.6 Å². The minimum Gasteiger partial charge on any atom is -0.493 e. The summed E-state index contributed by atoms with van der Waals surface area (Å²) in [6, 6.07) is 12.1. The van der Waals surface area contributed by atoms with Crippen molar-refractivity contribution in [3.63, 3.8) is 0 Å². The van der Waals surface area contributed by atoms with Crippen LogP contribution in [0, 0.1) is 0 Å². The first-order chi connectivity index (χ1) is 14.4.